The van der Waals surface area contributed by atoms with Crippen LogP contribution in [0.25, 0.3) is 0 Å². The lowest BCUT2D eigenvalue weighted by molar-refractivity contribution is -0.308. The molecule has 2 aliphatic rings. The van der Waals surface area contributed by atoms with E-state index >= 15 is 0 Å². The minimum Gasteiger partial charge on any atom is -0.480 e. The summed E-state index contributed by atoms with van der Waals surface area (Å²) in [6, 6.07) is 2.58. The summed E-state index contributed by atoms with van der Waals surface area (Å²) in [6.45, 7) is -0.687. The molecule has 0 bridgehead atoms. The Labute approximate surface area is 227 Å². The molecule has 2 saturated heterocycles. The number of hydrogen-bond acceptors (Lipinski definition) is 6. The van der Waals surface area contributed by atoms with Crippen LogP contribution in [0.5, 0.6) is 0 Å². The molecule has 2 heterocycles. The van der Waals surface area contributed by atoms with Crippen molar-refractivity contribution >= 4 is 18.0 Å². The first kappa shape index (κ1) is 32.2. The predicted molar refractivity (Wildman–Crippen MR) is 121 cm³/mol. The van der Waals surface area contributed by atoms with Crippen LogP contribution in [0.2, 0.25) is 0 Å². The molecule has 0 atom stereocenters. The third kappa shape index (κ3) is 8.61. The highest BCUT2D eigenvalue weighted by Gasteiger charge is 2.60. The molecular weight excluding hydrogens is 583 g/mol. The van der Waals surface area contributed by atoms with E-state index < -0.39 is 48.2 Å². The Balaban J connectivity index is 1.69. The smallest absolute Gasteiger partial charge is 0.434 e. The van der Waals surface area contributed by atoms with E-state index in [-0.39, 0.29) is 76.6 Å². The first-order valence-electron chi connectivity index (χ1n) is 12.1. The lowest BCUT2D eigenvalue weighted by Gasteiger charge is -2.36. The number of rotatable bonds is 6. The van der Waals surface area contributed by atoms with Gasteiger partial charge in [-0.15, -0.1) is 0 Å². The minimum atomic E-state index is -5.87. The highest BCUT2D eigenvalue weighted by molar-refractivity contribution is 5.96. The highest BCUT2D eigenvalue weighted by Crippen LogP contribution is 2.36. The fourth-order valence-electron chi connectivity index (χ4n) is 4.38. The number of carboxylic acids is 1. The number of aliphatic carboxylic acids is 1. The summed E-state index contributed by atoms with van der Waals surface area (Å²) in [5.41, 5.74) is -1.15. The zero-order valence-electron chi connectivity index (χ0n) is 21.2. The molecule has 9 nitrogen and oxygen atoms in total. The molecule has 0 aromatic heterocycles. The van der Waals surface area contributed by atoms with Crippen molar-refractivity contribution in [2.75, 3.05) is 58.9 Å². The summed E-state index contributed by atoms with van der Waals surface area (Å²) >= 11 is 0. The van der Waals surface area contributed by atoms with E-state index in [2.05, 4.69) is 4.74 Å². The Kier molecular flexibility index (Phi) is 9.67. The van der Waals surface area contributed by atoms with Crippen LogP contribution in [0.4, 0.5) is 44.3 Å². The van der Waals surface area contributed by atoms with E-state index in [1.807, 2.05) is 0 Å². The number of piperazine rings is 2. The first-order valence-corrected chi connectivity index (χ1v) is 12.1. The molecule has 0 spiro atoms. The molecule has 2 aliphatic heterocycles. The maximum Gasteiger partial charge on any atom is 0.434 e. The third-order valence-electron chi connectivity index (χ3n) is 6.52. The van der Waals surface area contributed by atoms with Gasteiger partial charge in [-0.05, 0) is 17.7 Å². The van der Waals surface area contributed by atoms with Crippen LogP contribution in [-0.4, -0.2) is 120 Å². The van der Waals surface area contributed by atoms with Crippen LogP contribution in [0.1, 0.15) is 21.5 Å². The van der Waals surface area contributed by atoms with Gasteiger partial charge >= 0.3 is 30.6 Å². The van der Waals surface area contributed by atoms with E-state index in [4.69, 9.17) is 5.11 Å². The Morgan fingerprint density at radius 3 is 1.78 bits per heavy atom. The molecule has 1 N–H and O–H groups in total. The summed E-state index contributed by atoms with van der Waals surface area (Å²) in [5, 5.41) is 8.91. The minimum absolute atomic E-state index is 0.0689. The Morgan fingerprint density at radius 2 is 1.29 bits per heavy atom. The molecule has 1 aromatic rings. The van der Waals surface area contributed by atoms with Crippen LogP contribution < -0.4 is 0 Å². The second kappa shape index (κ2) is 12.3. The number of carbonyl (C=O) groups excluding carboxylic acids is 2. The first-order chi connectivity index (χ1) is 18.9. The lowest BCUT2D eigenvalue weighted by atomic mass is 10.0. The zero-order valence-corrected chi connectivity index (χ0v) is 21.2. The van der Waals surface area contributed by atoms with Crippen LogP contribution >= 0.6 is 0 Å². The van der Waals surface area contributed by atoms with Crippen molar-refractivity contribution in [3.05, 3.63) is 34.9 Å². The molecule has 18 heteroatoms. The molecule has 2 amide bonds. The molecule has 0 radical (unpaired) electrons. The quantitative estimate of drug-likeness (QED) is 0.496. The topological polar surface area (TPSA) is 93.6 Å². The molecular formula is C23H25F9N4O5. The van der Waals surface area contributed by atoms with Crippen LogP contribution in [-0.2, 0) is 22.3 Å². The lowest BCUT2D eigenvalue weighted by Crippen LogP contribution is -2.52. The number of benzene rings is 1. The molecule has 2 fully saturated rings. The van der Waals surface area contributed by atoms with Gasteiger partial charge in [0.15, 0.2) is 0 Å². The highest BCUT2D eigenvalue weighted by atomic mass is 19.4. The number of amides is 2. The number of halogens is 9. The number of hydrogen-bond donors (Lipinski definition) is 1. The van der Waals surface area contributed by atoms with Crippen molar-refractivity contribution in [2.24, 2.45) is 0 Å². The number of carboxylic acid groups (broad SMARTS) is 1. The molecule has 0 aliphatic carbocycles. The summed E-state index contributed by atoms with van der Waals surface area (Å²) in [7, 11) is 0. The van der Waals surface area contributed by atoms with Crippen LogP contribution in [0.15, 0.2) is 18.2 Å². The maximum atomic E-state index is 13.4. The third-order valence-corrected chi connectivity index (χ3v) is 6.52. The second-order valence-corrected chi connectivity index (χ2v) is 9.44. The van der Waals surface area contributed by atoms with Gasteiger partial charge in [-0.25, -0.2) is 4.79 Å². The second-order valence-electron chi connectivity index (χ2n) is 9.44. The number of carbonyl (C=O) groups is 3. The van der Waals surface area contributed by atoms with Crippen molar-refractivity contribution in [3.8, 4) is 0 Å². The van der Waals surface area contributed by atoms with Crippen LogP contribution in [0.3, 0.4) is 0 Å². The largest absolute Gasteiger partial charge is 0.480 e. The Bertz CT molecular complexity index is 1100. The van der Waals surface area contributed by atoms with Gasteiger partial charge in [0.1, 0.15) is 0 Å². The average molecular weight is 608 g/mol. The molecule has 0 unspecified atom stereocenters. The maximum absolute atomic E-state index is 13.4. The molecule has 230 valence electrons. The van der Waals surface area contributed by atoms with E-state index in [1.165, 1.54) is 4.90 Å². The normalized spacial score (nSPS) is 18.1. The SMILES string of the molecule is O=C(O)CN1CCN(C(=O)c2cc(C(F)(F)F)ccc2CN2CCN(C(=O)OC(C(F)(F)F)C(F)(F)F)CC2)CC1. The Morgan fingerprint density at radius 1 is 0.780 bits per heavy atom. The monoisotopic (exact) mass is 608 g/mol. The van der Waals surface area contributed by atoms with Gasteiger partial charge in [-0.2, -0.15) is 39.5 Å². The summed E-state index contributed by atoms with van der Waals surface area (Å²) < 4.78 is 120. The fraction of sp³-hybridized carbons (Fsp3) is 0.609. The zero-order chi connectivity index (χ0) is 30.8. The van der Waals surface area contributed by atoms with Gasteiger partial charge in [0, 0.05) is 64.5 Å². The summed E-state index contributed by atoms with van der Waals surface area (Å²) in [4.78, 5) is 41.2. The van der Waals surface area contributed by atoms with Crippen molar-refractivity contribution in [1.29, 1.82) is 0 Å². The van der Waals surface area contributed by atoms with Gasteiger partial charge in [-0.1, -0.05) is 6.07 Å². The number of ether oxygens (including phenoxy) is 1. The van der Waals surface area contributed by atoms with Gasteiger partial charge in [0.25, 0.3) is 12.0 Å². The molecule has 41 heavy (non-hydrogen) atoms. The van der Waals surface area contributed by atoms with Gasteiger partial charge in [0.05, 0.1) is 12.1 Å². The Hall–Kier alpha value is -3.28. The van der Waals surface area contributed by atoms with Gasteiger partial charge < -0.3 is 19.6 Å². The van der Waals surface area contributed by atoms with Crippen molar-refractivity contribution in [3.63, 3.8) is 0 Å². The van der Waals surface area contributed by atoms with E-state index in [1.54, 1.807) is 9.80 Å². The van der Waals surface area contributed by atoms with E-state index in [0.717, 1.165) is 12.1 Å². The summed E-state index contributed by atoms with van der Waals surface area (Å²) in [5.74, 6) is -1.78. The van der Waals surface area contributed by atoms with E-state index in [9.17, 15) is 53.9 Å². The average Bonchev–Trinajstić information content (AvgIpc) is 2.85. The molecule has 3 rings (SSSR count). The number of alkyl halides is 9. The fourth-order valence-corrected chi connectivity index (χ4v) is 4.38. The molecule has 1 aromatic carbocycles. The standard InChI is InChI=1S/C23H25F9N4O5/c24-21(25,26)15-2-1-14(16(11-15)18(39)35-7-3-34(4-8-35)13-17(37)38)12-33-5-9-36(10-6-33)20(40)41-19(22(27,28)29)23(30,31)32/h1-2,11,19H,3-10,12-13H2,(H,37,38). The van der Waals surface area contributed by atoms with E-state index in [0.29, 0.717) is 11.0 Å². The van der Waals surface area contributed by atoms with Crippen molar-refractivity contribution < 1.29 is 63.7 Å². The van der Waals surface area contributed by atoms with Crippen molar-refractivity contribution in [2.45, 2.75) is 31.2 Å². The van der Waals surface area contributed by atoms with Gasteiger partial charge in [-0.3, -0.25) is 19.4 Å². The number of nitrogens with zero attached hydrogens (tertiary/aromatic N) is 4. The summed E-state index contributed by atoms with van der Waals surface area (Å²) in [6.07, 6.45) is -22.6. The van der Waals surface area contributed by atoms with Crippen LogP contribution in [0, 0.1) is 0 Å². The predicted octanol–water partition coefficient (Wildman–Crippen LogP) is 3.30. The van der Waals surface area contributed by atoms with Crippen molar-refractivity contribution in [1.82, 2.24) is 19.6 Å². The van der Waals surface area contributed by atoms with Gasteiger partial charge in [0.2, 0.25) is 0 Å². The molecule has 0 saturated carbocycles.